The summed E-state index contributed by atoms with van der Waals surface area (Å²) < 4.78 is 5.43. The fourth-order valence-corrected chi connectivity index (χ4v) is 1.34. The molecule has 0 aromatic heterocycles. The quantitative estimate of drug-likeness (QED) is 0.630. The molecule has 0 heterocycles. The fourth-order valence-electron chi connectivity index (χ4n) is 1.34. The molecule has 0 aliphatic rings. The number of hydrogen-bond donors (Lipinski definition) is 1. The van der Waals surface area contributed by atoms with Crippen molar-refractivity contribution in [3.63, 3.8) is 0 Å². The second-order valence-electron chi connectivity index (χ2n) is 4.11. The van der Waals surface area contributed by atoms with E-state index in [2.05, 4.69) is 5.43 Å². The molecule has 0 atom stereocenters. The zero-order valence-corrected chi connectivity index (χ0v) is 10.4. The molecule has 0 unspecified atom stereocenters. The molecule has 94 valence electrons. The molecule has 1 rings (SSSR count). The number of nitro benzene ring substituents is 1. The van der Waals surface area contributed by atoms with Gasteiger partial charge in [0.1, 0.15) is 0 Å². The van der Waals surface area contributed by atoms with Crippen LogP contribution in [0.25, 0.3) is 0 Å². The summed E-state index contributed by atoms with van der Waals surface area (Å²) >= 11 is 0. The number of hydrazine groups is 1. The van der Waals surface area contributed by atoms with E-state index in [1.54, 1.807) is 17.1 Å². The average molecular weight is 239 g/mol. The summed E-state index contributed by atoms with van der Waals surface area (Å²) in [7, 11) is 3.68. The maximum atomic E-state index is 10.8. The fraction of sp³-hybridized carbons (Fsp3) is 0.455. The molecule has 0 spiro atoms. The van der Waals surface area contributed by atoms with Gasteiger partial charge in [-0.2, -0.15) is 0 Å². The molecular formula is C11H17N3O3. The lowest BCUT2D eigenvalue weighted by Gasteiger charge is -2.15. The van der Waals surface area contributed by atoms with Crippen molar-refractivity contribution < 1.29 is 9.66 Å². The van der Waals surface area contributed by atoms with Crippen molar-refractivity contribution >= 4 is 11.4 Å². The lowest BCUT2D eigenvalue weighted by atomic mass is 10.2. The van der Waals surface area contributed by atoms with Crippen LogP contribution in [0.3, 0.4) is 0 Å². The molecule has 1 aromatic rings. The average Bonchev–Trinajstić information content (AvgIpc) is 2.15. The molecule has 0 bridgehead atoms. The summed E-state index contributed by atoms with van der Waals surface area (Å²) in [5.41, 5.74) is 3.74. The first kappa shape index (κ1) is 13.2. The Morgan fingerprint density at radius 2 is 2.06 bits per heavy atom. The van der Waals surface area contributed by atoms with E-state index < -0.39 is 4.92 Å². The van der Waals surface area contributed by atoms with Gasteiger partial charge in [-0.05, 0) is 19.9 Å². The van der Waals surface area contributed by atoms with Gasteiger partial charge < -0.3 is 10.2 Å². The van der Waals surface area contributed by atoms with Gasteiger partial charge in [0.05, 0.1) is 16.7 Å². The van der Waals surface area contributed by atoms with E-state index in [1.165, 1.54) is 6.07 Å². The monoisotopic (exact) mass is 239 g/mol. The zero-order valence-electron chi connectivity index (χ0n) is 10.4. The summed E-state index contributed by atoms with van der Waals surface area (Å²) in [5.74, 6) is 0.275. The Balaban J connectivity index is 3.05. The van der Waals surface area contributed by atoms with E-state index in [0.717, 1.165) is 5.69 Å². The third-order valence-electron chi connectivity index (χ3n) is 1.87. The Labute approximate surface area is 100 Å². The van der Waals surface area contributed by atoms with E-state index in [4.69, 9.17) is 4.74 Å². The van der Waals surface area contributed by atoms with Crippen molar-refractivity contribution in [2.75, 3.05) is 19.5 Å². The number of nitrogens with zero attached hydrogens (tertiary/aromatic N) is 2. The first-order valence-electron chi connectivity index (χ1n) is 5.29. The SMILES string of the molecule is CC(C)Oc1cc(NN(C)C)ccc1[N+](=O)[O-]. The normalized spacial score (nSPS) is 10.7. The van der Waals surface area contributed by atoms with Gasteiger partial charge in [0.2, 0.25) is 0 Å². The Morgan fingerprint density at radius 1 is 1.41 bits per heavy atom. The Morgan fingerprint density at radius 3 is 2.53 bits per heavy atom. The van der Waals surface area contributed by atoms with Gasteiger partial charge in [0, 0.05) is 26.2 Å². The van der Waals surface area contributed by atoms with Crippen LogP contribution >= 0.6 is 0 Å². The van der Waals surface area contributed by atoms with Crippen molar-refractivity contribution in [3.8, 4) is 5.75 Å². The van der Waals surface area contributed by atoms with Crippen LogP contribution in [0.5, 0.6) is 5.75 Å². The van der Waals surface area contributed by atoms with Gasteiger partial charge in [-0.25, -0.2) is 5.01 Å². The van der Waals surface area contributed by atoms with E-state index >= 15 is 0 Å². The van der Waals surface area contributed by atoms with E-state index in [-0.39, 0.29) is 17.5 Å². The maximum Gasteiger partial charge on any atom is 0.311 e. The molecule has 0 aliphatic heterocycles. The molecule has 0 saturated heterocycles. The number of ether oxygens (including phenoxy) is 1. The summed E-state index contributed by atoms with van der Waals surface area (Å²) in [6.45, 7) is 3.66. The summed E-state index contributed by atoms with van der Waals surface area (Å²) in [6, 6.07) is 4.70. The molecule has 0 aliphatic carbocycles. The van der Waals surface area contributed by atoms with Crippen LogP contribution in [0.15, 0.2) is 18.2 Å². The molecule has 6 heteroatoms. The minimum absolute atomic E-state index is 0.0250. The van der Waals surface area contributed by atoms with Crippen LogP contribution in [0.4, 0.5) is 11.4 Å². The number of benzene rings is 1. The van der Waals surface area contributed by atoms with Crippen molar-refractivity contribution in [3.05, 3.63) is 28.3 Å². The van der Waals surface area contributed by atoms with Crippen LogP contribution in [0, 0.1) is 10.1 Å². The summed E-state index contributed by atoms with van der Waals surface area (Å²) in [6.07, 6.45) is -0.108. The molecule has 0 fully saturated rings. The highest BCUT2D eigenvalue weighted by atomic mass is 16.6. The van der Waals surface area contributed by atoms with Crippen molar-refractivity contribution in [1.29, 1.82) is 0 Å². The van der Waals surface area contributed by atoms with Crippen LogP contribution in [-0.4, -0.2) is 30.1 Å². The smallest absolute Gasteiger partial charge is 0.311 e. The maximum absolute atomic E-state index is 10.8. The first-order chi connectivity index (χ1) is 7.90. The third-order valence-corrected chi connectivity index (χ3v) is 1.87. The molecule has 0 amide bonds. The highest BCUT2D eigenvalue weighted by Crippen LogP contribution is 2.30. The molecule has 6 nitrogen and oxygen atoms in total. The summed E-state index contributed by atoms with van der Waals surface area (Å²) in [4.78, 5) is 10.4. The number of rotatable bonds is 5. The number of nitro groups is 1. The topological polar surface area (TPSA) is 67.6 Å². The van der Waals surface area contributed by atoms with Gasteiger partial charge in [0.15, 0.2) is 5.75 Å². The summed E-state index contributed by atoms with van der Waals surface area (Å²) in [5, 5.41) is 12.6. The molecule has 0 radical (unpaired) electrons. The zero-order chi connectivity index (χ0) is 13.0. The lowest BCUT2D eigenvalue weighted by Crippen LogP contribution is -2.19. The molecule has 1 aromatic carbocycles. The van der Waals surface area contributed by atoms with Crippen LogP contribution in [0.1, 0.15) is 13.8 Å². The van der Waals surface area contributed by atoms with E-state index in [0.29, 0.717) is 0 Å². The van der Waals surface area contributed by atoms with Crippen LogP contribution in [-0.2, 0) is 0 Å². The van der Waals surface area contributed by atoms with Crippen molar-refractivity contribution in [2.24, 2.45) is 0 Å². The third kappa shape index (κ3) is 3.92. The molecule has 17 heavy (non-hydrogen) atoms. The van der Waals surface area contributed by atoms with Crippen LogP contribution in [0.2, 0.25) is 0 Å². The van der Waals surface area contributed by atoms with Crippen molar-refractivity contribution in [1.82, 2.24) is 5.01 Å². The predicted molar refractivity (Wildman–Crippen MR) is 66.2 cm³/mol. The Hall–Kier alpha value is -1.82. The van der Waals surface area contributed by atoms with Gasteiger partial charge in [-0.15, -0.1) is 0 Å². The largest absolute Gasteiger partial charge is 0.484 e. The second-order valence-corrected chi connectivity index (χ2v) is 4.11. The van der Waals surface area contributed by atoms with E-state index in [1.807, 2.05) is 27.9 Å². The minimum atomic E-state index is -0.447. The first-order valence-corrected chi connectivity index (χ1v) is 5.29. The van der Waals surface area contributed by atoms with Gasteiger partial charge in [-0.3, -0.25) is 10.1 Å². The Kier molecular flexibility index (Phi) is 4.28. The van der Waals surface area contributed by atoms with Gasteiger partial charge in [-0.1, -0.05) is 0 Å². The number of hydrogen-bond acceptors (Lipinski definition) is 5. The lowest BCUT2D eigenvalue weighted by molar-refractivity contribution is -0.386. The highest BCUT2D eigenvalue weighted by Gasteiger charge is 2.16. The standard InChI is InChI=1S/C11H17N3O3/c1-8(2)17-11-7-9(12-13(3)4)5-6-10(11)14(15)16/h5-8,12H,1-4H3. The van der Waals surface area contributed by atoms with Crippen molar-refractivity contribution in [2.45, 2.75) is 20.0 Å². The molecule has 1 N–H and O–H groups in total. The minimum Gasteiger partial charge on any atom is -0.484 e. The van der Waals surface area contributed by atoms with E-state index in [9.17, 15) is 10.1 Å². The molecular weight excluding hydrogens is 222 g/mol. The molecule has 0 saturated carbocycles. The number of nitrogens with one attached hydrogen (secondary N) is 1. The highest BCUT2D eigenvalue weighted by molar-refractivity contribution is 5.57. The van der Waals surface area contributed by atoms with Crippen LogP contribution < -0.4 is 10.2 Å². The van der Waals surface area contributed by atoms with Gasteiger partial charge in [0.25, 0.3) is 0 Å². The van der Waals surface area contributed by atoms with Gasteiger partial charge >= 0.3 is 5.69 Å². The second kappa shape index (κ2) is 5.49. The number of anilines is 1. The predicted octanol–water partition coefficient (Wildman–Crippen LogP) is 2.27. The Bertz CT molecular complexity index is 405.